The van der Waals surface area contributed by atoms with Gasteiger partial charge in [-0.05, 0) is 54.1 Å². The molecular formula is C27H22Cl2FNO7. The molecule has 1 atom stereocenters. The highest BCUT2D eigenvalue weighted by Crippen LogP contribution is 2.48. The predicted octanol–water partition coefficient (Wildman–Crippen LogP) is 5.79. The number of nitrogens with zero attached hydrogens (tertiary/aromatic N) is 1. The van der Waals surface area contributed by atoms with Crippen molar-refractivity contribution in [2.24, 2.45) is 0 Å². The fourth-order valence-electron chi connectivity index (χ4n) is 4.36. The molecule has 8 nitrogen and oxygen atoms in total. The Morgan fingerprint density at radius 1 is 0.868 bits per heavy atom. The van der Waals surface area contributed by atoms with E-state index in [2.05, 4.69) is 0 Å². The van der Waals surface area contributed by atoms with E-state index in [0.717, 1.165) is 17.0 Å². The number of aliphatic hydroxyl groups is 1. The molecule has 1 heterocycles. The number of anilines is 1. The van der Waals surface area contributed by atoms with Crippen LogP contribution in [0, 0.1) is 5.82 Å². The van der Waals surface area contributed by atoms with E-state index in [1.165, 1.54) is 52.7 Å². The van der Waals surface area contributed by atoms with Crippen LogP contribution in [0.1, 0.15) is 17.2 Å². The second-order valence-electron chi connectivity index (χ2n) is 8.07. The minimum absolute atomic E-state index is 0.000419. The second-order valence-corrected chi connectivity index (χ2v) is 8.92. The van der Waals surface area contributed by atoms with E-state index in [4.69, 9.17) is 42.1 Å². The predicted molar refractivity (Wildman–Crippen MR) is 140 cm³/mol. The van der Waals surface area contributed by atoms with Gasteiger partial charge in [0.25, 0.3) is 11.7 Å². The molecule has 0 radical (unpaired) electrons. The SMILES string of the molecule is COc1cc(C2/C(=C(\O)c3cc(Cl)cc(Cl)c3OC)C(=O)C(=O)N2c2ccc(F)cc2)cc(OC)c1OC. The van der Waals surface area contributed by atoms with Crippen LogP contribution in [0.4, 0.5) is 10.1 Å². The zero-order valence-corrected chi connectivity index (χ0v) is 22.2. The van der Waals surface area contributed by atoms with E-state index in [1.807, 2.05) is 0 Å². The molecule has 0 spiro atoms. The van der Waals surface area contributed by atoms with Crippen molar-refractivity contribution >= 4 is 46.3 Å². The van der Waals surface area contributed by atoms with Crippen LogP contribution < -0.4 is 23.8 Å². The van der Waals surface area contributed by atoms with E-state index in [0.29, 0.717) is 5.56 Å². The van der Waals surface area contributed by atoms with E-state index in [9.17, 15) is 19.1 Å². The van der Waals surface area contributed by atoms with Gasteiger partial charge in [0.05, 0.1) is 50.6 Å². The highest BCUT2D eigenvalue weighted by Gasteiger charge is 2.48. The molecule has 1 N–H and O–H groups in total. The third-order valence-electron chi connectivity index (χ3n) is 6.02. The summed E-state index contributed by atoms with van der Waals surface area (Å²) in [5.74, 6) is -2.25. The molecule has 0 aliphatic carbocycles. The molecule has 0 saturated carbocycles. The molecule has 1 amide bonds. The van der Waals surface area contributed by atoms with Crippen LogP contribution in [0.3, 0.4) is 0 Å². The van der Waals surface area contributed by atoms with Gasteiger partial charge in [-0.3, -0.25) is 14.5 Å². The summed E-state index contributed by atoms with van der Waals surface area (Å²) in [5, 5.41) is 11.7. The molecule has 1 unspecified atom stereocenters. The number of carbonyl (C=O) groups excluding carboxylic acids is 2. The first-order valence-electron chi connectivity index (χ1n) is 11.1. The first-order chi connectivity index (χ1) is 18.2. The maximum absolute atomic E-state index is 13.7. The zero-order chi connectivity index (χ0) is 27.7. The van der Waals surface area contributed by atoms with Crippen molar-refractivity contribution in [3.8, 4) is 23.0 Å². The minimum Gasteiger partial charge on any atom is -0.507 e. The van der Waals surface area contributed by atoms with Gasteiger partial charge in [-0.1, -0.05) is 23.2 Å². The molecule has 1 saturated heterocycles. The number of amides is 1. The zero-order valence-electron chi connectivity index (χ0n) is 20.7. The lowest BCUT2D eigenvalue weighted by molar-refractivity contribution is -0.132. The number of ether oxygens (including phenoxy) is 4. The Bertz CT molecular complexity index is 1430. The number of aliphatic hydroxyl groups excluding tert-OH is 1. The standard InChI is InChI=1S/C27H22Cl2FNO7/c1-35-19-9-13(10-20(36-2)26(19)38-4)22-21(23(32)17-11-14(28)12-18(29)25(17)37-3)24(33)27(34)31(22)16-7-5-15(30)6-8-16/h5-12,22,32H,1-4H3/b23-21+. The molecular weight excluding hydrogens is 540 g/mol. The average molecular weight is 562 g/mol. The van der Waals surface area contributed by atoms with Gasteiger partial charge < -0.3 is 24.1 Å². The van der Waals surface area contributed by atoms with Crippen LogP contribution in [-0.2, 0) is 9.59 Å². The maximum Gasteiger partial charge on any atom is 0.300 e. The lowest BCUT2D eigenvalue weighted by atomic mass is 9.94. The summed E-state index contributed by atoms with van der Waals surface area (Å²) >= 11 is 12.4. The number of halogens is 3. The maximum atomic E-state index is 13.7. The van der Waals surface area contributed by atoms with Crippen molar-refractivity contribution in [1.29, 1.82) is 0 Å². The Morgan fingerprint density at radius 2 is 1.45 bits per heavy atom. The summed E-state index contributed by atoms with van der Waals surface area (Å²) in [6.45, 7) is 0. The first-order valence-corrected chi connectivity index (χ1v) is 11.8. The van der Waals surface area contributed by atoms with Crippen LogP contribution in [0.25, 0.3) is 5.76 Å². The van der Waals surface area contributed by atoms with Crippen molar-refractivity contribution in [3.05, 3.63) is 81.1 Å². The molecule has 3 aromatic carbocycles. The fraction of sp³-hybridized carbons (Fsp3) is 0.185. The van der Waals surface area contributed by atoms with Gasteiger partial charge in [-0.25, -0.2) is 4.39 Å². The molecule has 1 aliphatic rings. The third kappa shape index (κ3) is 4.59. The number of carbonyl (C=O) groups is 2. The van der Waals surface area contributed by atoms with Crippen LogP contribution in [-0.4, -0.2) is 45.2 Å². The van der Waals surface area contributed by atoms with Crippen molar-refractivity contribution in [3.63, 3.8) is 0 Å². The molecule has 3 aromatic rings. The van der Waals surface area contributed by atoms with E-state index < -0.39 is 29.3 Å². The van der Waals surface area contributed by atoms with E-state index in [1.54, 1.807) is 12.1 Å². The van der Waals surface area contributed by atoms with Gasteiger partial charge in [0.2, 0.25) is 5.75 Å². The number of methoxy groups -OCH3 is 4. The Labute approximate surface area is 227 Å². The highest BCUT2D eigenvalue weighted by molar-refractivity contribution is 6.52. The number of hydrogen-bond acceptors (Lipinski definition) is 7. The van der Waals surface area contributed by atoms with E-state index >= 15 is 0 Å². The molecule has 1 aliphatic heterocycles. The van der Waals surface area contributed by atoms with Crippen LogP contribution >= 0.6 is 23.2 Å². The van der Waals surface area contributed by atoms with Gasteiger partial charge in [0, 0.05) is 10.7 Å². The first kappa shape index (κ1) is 27.1. The topological polar surface area (TPSA) is 94.5 Å². The van der Waals surface area contributed by atoms with Gasteiger partial charge >= 0.3 is 0 Å². The molecule has 0 aromatic heterocycles. The van der Waals surface area contributed by atoms with Crippen molar-refractivity contribution < 1.29 is 38.0 Å². The van der Waals surface area contributed by atoms with E-state index in [-0.39, 0.29) is 49.9 Å². The Hall–Kier alpha value is -3.95. The fourth-order valence-corrected chi connectivity index (χ4v) is 4.93. The largest absolute Gasteiger partial charge is 0.507 e. The number of hydrogen-bond donors (Lipinski definition) is 1. The molecule has 4 rings (SSSR count). The van der Waals surface area contributed by atoms with Gasteiger partial charge in [0.1, 0.15) is 17.3 Å². The van der Waals surface area contributed by atoms with Crippen molar-refractivity contribution in [2.75, 3.05) is 33.3 Å². The van der Waals surface area contributed by atoms with Crippen LogP contribution in [0.2, 0.25) is 10.0 Å². The smallest absolute Gasteiger partial charge is 0.300 e. The summed E-state index contributed by atoms with van der Waals surface area (Å²) in [6, 6.07) is 9.67. The second kappa shape index (κ2) is 10.8. The highest BCUT2D eigenvalue weighted by atomic mass is 35.5. The number of Topliss-reactive ketones (excluding diaryl/α,β-unsaturated/α-hetero) is 1. The summed E-state index contributed by atoms with van der Waals surface area (Å²) in [6.07, 6.45) is 0. The minimum atomic E-state index is -1.20. The average Bonchev–Trinajstić information content (AvgIpc) is 3.17. The van der Waals surface area contributed by atoms with Crippen LogP contribution in [0.5, 0.6) is 23.0 Å². The summed E-state index contributed by atoms with van der Waals surface area (Å²) in [5.41, 5.74) is 0.254. The summed E-state index contributed by atoms with van der Waals surface area (Å²) in [7, 11) is 5.59. The lowest BCUT2D eigenvalue weighted by Gasteiger charge is -2.26. The van der Waals surface area contributed by atoms with Gasteiger partial charge in [0.15, 0.2) is 11.5 Å². The quantitative estimate of drug-likeness (QED) is 0.221. The molecule has 198 valence electrons. The van der Waals surface area contributed by atoms with Gasteiger partial charge in [-0.15, -0.1) is 0 Å². The molecule has 38 heavy (non-hydrogen) atoms. The van der Waals surface area contributed by atoms with Crippen molar-refractivity contribution in [2.45, 2.75) is 6.04 Å². The Balaban J connectivity index is 2.07. The Kier molecular flexibility index (Phi) is 7.71. The molecule has 1 fully saturated rings. The number of benzene rings is 3. The number of ketones is 1. The summed E-state index contributed by atoms with van der Waals surface area (Å²) < 4.78 is 35.4. The number of rotatable bonds is 7. The van der Waals surface area contributed by atoms with Crippen LogP contribution in [0.15, 0.2) is 54.1 Å². The van der Waals surface area contributed by atoms with Crippen molar-refractivity contribution in [1.82, 2.24) is 0 Å². The van der Waals surface area contributed by atoms with Gasteiger partial charge in [-0.2, -0.15) is 0 Å². The normalized spacial score (nSPS) is 16.5. The third-order valence-corrected chi connectivity index (χ3v) is 6.52. The monoisotopic (exact) mass is 561 g/mol. The summed E-state index contributed by atoms with van der Waals surface area (Å²) in [4.78, 5) is 28.0. The molecule has 11 heteroatoms. The molecule has 0 bridgehead atoms. The lowest BCUT2D eigenvalue weighted by Crippen LogP contribution is -2.29. The Morgan fingerprint density at radius 3 is 1.97 bits per heavy atom.